The van der Waals surface area contributed by atoms with Crippen molar-refractivity contribution >= 4 is 55.9 Å². The normalized spacial score (nSPS) is 18.6. The van der Waals surface area contributed by atoms with E-state index < -0.39 is 10.0 Å². The molecular formula is C19H17ClN4O5S3. The fourth-order valence-corrected chi connectivity index (χ4v) is 7.60. The third-order valence-electron chi connectivity index (χ3n) is 5.14. The predicted octanol–water partition coefficient (Wildman–Crippen LogP) is 3.80. The number of hydrogen-bond acceptors (Lipinski definition) is 9. The molecule has 0 spiro atoms. The van der Waals surface area contributed by atoms with E-state index in [1.807, 2.05) is 0 Å². The van der Waals surface area contributed by atoms with Gasteiger partial charge in [0.25, 0.3) is 15.9 Å². The topological polar surface area (TPSA) is 111 Å². The van der Waals surface area contributed by atoms with E-state index >= 15 is 0 Å². The first kappa shape index (κ1) is 21.6. The lowest BCUT2D eigenvalue weighted by Crippen LogP contribution is -2.38. The highest BCUT2D eigenvalue weighted by Gasteiger charge is 2.33. The van der Waals surface area contributed by atoms with Gasteiger partial charge in [0.1, 0.15) is 9.22 Å². The van der Waals surface area contributed by atoms with Gasteiger partial charge in [-0.25, -0.2) is 8.42 Å². The second-order valence-electron chi connectivity index (χ2n) is 7.23. The summed E-state index contributed by atoms with van der Waals surface area (Å²) in [6.45, 7) is 0.876. The Morgan fingerprint density at radius 3 is 2.81 bits per heavy atom. The fraction of sp³-hybridized carbons (Fsp3) is 0.316. The van der Waals surface area contributed by atoms with Gasteiger partial charge < -0.3 is 14.8 Å². The maximum atomic E-state index is 12.9. The van der Waals surface area contributed by atoms with E-state index in [9.17, 15) is 13.2 Å². The number of rotatable bonds is 5. The Morgan fingerprint density at radius 1 is 1.16 bits per heavy atom. The van der Waals surface area contributed by atoms with Crippen LogP contribution in [0.4, 0.5) is 5.69 Å². The zero-order chi connectivity index (χ0) is 22.3. The smallest absolute Gasteiger partial charge is 0.286 e. The molecule has 1 aromatic carbocycles. The van der Waals surface area contributed by atoms with E-state index in [4.69, 9.17) is 21.1 Å². The Balaban J connectivity index is 1.28. The first-order valence-electron chi connectivity index (χ1n) is 9.70. The molecule has 13 heteroatoms. The number of sulfonamides is 1. The summed E-state index contributed by atoms with van der Waals surface area (Å²) >= 11 is 8.13. The molecule has 1 saturated heterocycles. The first-order valence-corrected chi connectivity index (χ1v) is 13.1. The standard InChI is InChI=1S/C19H17ClN4O5S3/c20-15-5-6-16(30-15)32(26,27)24-7-1-2-11(9-24)18-22-23-19(31-18)17(25)21-12-3-4-13-14(8-12)29-10-28-13/h3-6,8,11H,1-2,7,9-10H2,(H,21,25)/t11-/m0/s1. The minimum atomic E-state index is -3.61. The average Bonchev–Trinajstić information content (AvgIpc) is 3.54. The van der Waals surface area contributed by atoms with Crippen molar-refractivity contribution in [1.29, 1.82) is 0 Å². The van der Waals surface area contributed by atoms with Crippen LogP contribution in [-0.4, -0.2) is 48.7 Å². The van der Waals surface area contributed by atoms with Crippen LogP contribution < -0.4 is 14.8 Å². The van der Waals surface area contributed by atoms with Crippen molar-refractivity contribution in [3.05, 3.63) is 44.7 Å². The quantitative estimate of drug-likeness (QED) is 0.553. The fourth-order valence-electron chi connectivity index (χ4n) is 3.58. The van der Waals surface area contributed by atoms with E-state index in [-0.39, 0.29) is 34.4 Å². The molecule has 0 unspecified atom stereocenters. The summed E-state index contributed by atoms with van der Waals surface area (Å²) in [7, 11) is -3.61. The number of aromatic nitrogens is 2. The Morgan fingerprint density at radius 2 is 2.00 bits per heavy atom. The molecule has 2 aliphatic heterocycles. The van der Waals surface area contributed by atoms with E-state index in [2.05, 4.69) is 15.5 Å². The van der Waals surface area contributed by atoms with Crippen molar-refractivity contribution in [1.82, 2.24) is 14.5 Å². The maximum absolute atomic E-state index is 12.9. The van der Waals surface area contributed by atoms with E-state index in [0.29, 0.717) is 39.5 Å². The number of fused-ring (bicyclic) bond motifs is 1. The highest BCUT2D eigenvalue weighted by molar-refractivity contribution is 7.91. The van der Waals surface area contributed by atoms with Crippen molar-refractivity contribution in [3.8, 4) is 11.5 Å². The third kappa shape index (κ3) is 4.20. The minimum Gasteiger partial charge on any atom is -0.454 e. The van der Waals surface area contributed by atoms with Crippen LogP contribution in [0.15, 0.2) is 34.5 Å². The van der Waals surface area contributed by atoms with E-state index in [1.54, 1.807) is 24.3 Å². The number of anilines is 1. The van der Waals surface area contributed by atoms with Crippen LogP contribution in [0.5, 0.6) is 11.5 Å². The number of amides is 1. The number of ether oxygens (including phenoxy) is 2. The number of nitrogens with zero attached hydrogens (tertiary/aromatic N) is 3. The largest absolute Gasteiger partial charge is 0.454 e. The van der Waals surface area contributed by atoms with Crippen molar-refractivity contribution < 1.29 is 22.7 Å². The molecule has 1 amide bonds. The molecular weight excluding hydrogens is 496 g/mol. The summed E-state index contributed by atoms with van der Waals surface area (Å²) < 4.78 is 38.6. The summed E-state index contributed by atoms with van der Waals surface area (Å²) in [6, 6.07) is 8.23. The minimum absolute atomic E-state index is 0.126. The van der Waals surface area contributed by atoms with Gasteiger partial charge in [0.05, 0.1) is 4.34 Å². The number of carbonyl (C=O) groups is 1. The van der Waals surface area contributed by atoms with Crippen LogP contribution in [0.2, 0.25) is 4.34 Å². The van der Waals surface area contributed by atoms with E-state index in [0.717, 1.165) is 17.8 Å². The van der Waals surface area contributed by atoms with Crippen LogP contribution in [0, 0.1) is 0 Å². The SMILES string of the molecule is O=C(Nc1ccc2c(c1)OCO2)c1nnc([C@H]2CCCN(S(=O)(=O)c3ccc(Cl)s3)C2)s1. The molecule has 1 N–H and O–H groups in total. The Kier molecular flexibility index (Phi) is 5.80. The van der Waals surface area contributed by atoms with Gasteiger partial charge in [-0.05, 0) is 37.1 Å². The Bertz CT molecular complexity index is 1280. The van der Waals surface area contributed by atoms with Gasteiger partial charge >= 0.3 is 0 Å². The summed E-state index contributed by atoms with van der Waals surface area (Å²) in [6.07, 6.45) is 1.47. The zero-order valence-electron chi connectivity index (χ0n) is 16.5. The number of nitrogens with one attached hydrogen (secondary N) is 1. The van der Waals surface area contributed by atoms with Crippen molar-refractivity contribution in [3.63, 3.8) is 0 Å². The number of halogens is 1. The molecule has 9 nitrogen and oxygen atoms in total. The van der Waals surface area contributed by atoms with Gasteiger partial charge in [0.15, 0.2) is 11.5 Å². The van der Waals surface area contributed by atoms with Crippen LogP contribution in [0.3, 0.4) is 0 Å². The van der Waals surface area contributed by atoms with Crippen LogP contribution >= 0.6 is 34.3 Å². The van der Waals surface area contributed by atoms with Gasteiger partial charge in [-0.15, -0.1) is 21.5 Å². The molecule has 0 aliphatic carbocycles. The number of hydrogen-bond donors (Lipinski definition) is 1. The monoisotopic (exact) mass is 512 g/mol. The second-order valence-corrected chi connectivity index (χ2v) is 12.1. The number of thiophene rings is 1. The average molecular weight is 513 g/mol. The van der Waals surface area contributed by atoms with Gasteiger partial charge in [-0.2, -0.15) is 4.31 Å². The first-order chi connectivity index (χ1) is 15.4. The van der Waals surface area contributed by atoms with Gasteiger partial charge in [0.2, 0.25) is 11.8 Å². The molecule has 3 aromatic rings. The van der Waals surface area contributed by atoms with Gasteiger partial charge in [-0.1, -0.05) is 22.9 Å². The van der Waals surface area contributed by atoms with Crippen molar-refractivity contribution in [2.75, 3.05) is 25.2 Å². The Labute approximate surface area is 197 Å². The summed E-state index contributed by atoms with van der Waals surface area (Å²) in [5, 5.41) is 11.8. The molecule has 2 aliphatic rings. The highest BCUT2D eigenvalue weighted by Crippen LogP contribution is 2.36. The summed E-state index contributed by atoms with van der Waals surface area (Å²) in [5.41, 5.74) is 0.556. The van der Waals surface area contributed by atoms with Crippen LogP contribution in [0.25, 0.3) is 0 Å². The number of piperidine rings is 1. The number of benzene rings is 1. The predicted molar refractivity (Wildman–Crippen MR) is 120 cm³/mol. The lowest BCUT2D eigenvalue weighted by atomic mass is 10.0. The van der Waals surface area contributed by atoms with Gasteiger partial charge in [-0.3, -0.25) is 4.79 Å². The molecule has 0 bridgehead atoms. The third-order valence-corrected chi connectivity index (χ3v) is 9.79. The summed E-state index contributed by atoms with van der Waals surface area (Å²) in [4.78, 5) is 12.6. The van der Waals surface area contributed by atoms with Crippen LogP contribution in [-0.2, 0) is 10.0 Å². The summed E-state index contributed by atoms with van der Waals surface area (Å²) in [5.74, 6) is 0.679. The molecule has 0 saturated carbocycles. The molecule has 168 valence electrons. The van der Waals surface area contributed by atoms with Crippen molar-refractivity contribution in [2.24, 2.45) is 0 Å². The molecule has 0 radical (unpaired) electrons. The maximum Gasteiger partial charge on any atom is 0.286 e. The van der Waals surface area contributed by atoms with Gasteiger partial charge in [0, 0.05) is 30.8 Å². The lowest BCUT2D eigenvalue weighted by Gasteiger charge is -2.30. The molecule has 2 aromatic heterocycles. The molecule has 4 heterocycles. The van der Waals surface area contributed by atoms with Crippen LogP contribution in [0.1, 0.15) is 33.6 Å². The molecule has 1 fully saturated rings. The lowest BCUT2D eigenvalue weighted by molar-refractivity contribution is 0.102. The second kappa shape index (κ2) is 8.60. The molecule has 5 rings (SSSR count). The molecule has 32 heavy (non-hydrogen) atoms. The Hall–Kier alpha value is -2.25. The highest BCUT2D eigenvalue weighted by atomic mass is 35.5. The zero-order valence-corrected chi connectivity index (χ0v) is 19.7. The van der Waals surface area contributed by atoms with E-state index in [1.165, 1.54) is 21.7 Å². The molecule has 1 atom stereocenters. The number of carbonyl (C=O) groups excluding carboxylic acids is 1. The van der Waals surface area contributed by atoms with Crippen molar-refractivity contribution in [2.45, 2.75) is 23.0 Å².